The zero-order valence-corrected chi connectivity index (χ0v) is 11.2. The van der Waals surface area contributed by atoms with E-state index in [1.165, 1.54) is 32.2 Å². The molecule has 2 atom stereocenters. The highest BCUT2D eigenvalue weighted by molar-refractivity contribution is 5.85. The average molecular weight is 259 g/mol. The standard InChI is InChI=1S/C13H22N2O.ClH/c16-13(6-10-2-1-3-10)15-5-4-11-7-14-8-12(11)9-15;/h10-12,14H,1-9H2;1H. The van der Waals surface area contributed by atoms with Crippen LogP contribution in [0.2, 0.25) is 0 Å². The van der Waals surface area contributed by atoms with Crippen LogP contribution in [0.5, 0.6) is 0 Å². The van der Waals surface area contributed by atoms with E-state index in [2.05, 4.69) is 10.2 Å². The van der Waals surface area contributed by atoms with E-state index in [1.54, 1.807) is 0 Å². The van der Waals surface area contributed by atoms with Crippen LogP contribution >= 0.6 is 12.4 Å². The zero-order chi connectivity index (χ0) is 11.0. The third kappa shape index (κ3) is 2.76. The molecule has 0 spiro atoms. The molecule has 98 valence electrons. The topological polar surface area (TPSA) is 32.3 Å². The summed E-state index contributed by atoms with van der Waals surface area (Å²) < 4.78 is 0. The molecule has 3 rings (SSSR count). The Morgan fingerprint density at radius 1 is 1.18 bits per heavy atom. The van der Waals surface area contributed by atoms with Crippen molar-refractivity contribution in [2.75, 3.05) is 26.2 Å². The maximum absolute atomic E-state index is 12.1. The number of piperidine rings is 1. The molecule has 1 amide bonds. The molecule has 2 heterocycles. The summed E-state index contributed by atoms with van der Waals surface area (Å²) in [4.78, 5) is 14.2. The highest BCUT2D eigenvalue weighted by Gasteiger charge is 2.35. The molecule has 4 heteroatoms. The van der Waals surface area contributed by atoms with E-state index in [1.807, 2.05) is 0 Å². The molecule has 1 saturated carbocycles. The van der Waals surface area contributed by atoms with E-state index < -0.39 is 0 Å². The molecule has 0 radical (unpaired) electrons. The lowest BCUT2D eigenvalue weighted by atomic mass is 9.82. The van der Waals surface area contributed by atoms with Crippen molar-refractivity contribution < 1.29 is 4.79 Å². The SMILES string of the molecule is Cl.O=C(CC1CCC1)N1CCC2CNCC2C1. The van der Waals surface area contributed by atoms with Crippen LogP contribution in [0.1, 0.15) is 32.1 Å². The van der Waals surface area contributed by atoms with E-state index in [9.17, 15) is 4.79 Å². The van der Waals surface area contributed by atoms with Gasteiger partial charge in [-0.15, -0.1) is 12.4 Å². The second-order valence-corrected chi connectivity index (χ2v) is 5.81. The van der Waals surface area contributed by atoms with Gasteiger partial charge in [-0.05, 0) is 50.1 Å². The quantitative estimate of drug-likeness (QED) is 0.817. The van der Waals surface area contributed by atoms with Gasteiger partial charge in [-0.3, -0.25) is 4.79 Å². The maximum Gasteiger partial charge on any atom is 0.222 e. The van der Waals surface area contributed by atoms with Crippen molar-refractivity contribution in [2.24, 2.45) is 17.8 Å². The Bertz CT molecular complexity index is 281. The smallest absolute Gasteiger partial charge is 0.222 e. The van der Waals surface area contributed by atoms with Crippen LogP contribution in [0, 0.1) is 17.8 Å². The molecule has 17 heavy (non-hydrogen) atoms. The first-order valence-electron chi connectivity index (χ1n) is 6.81. The van der Waals surface area contributed by atoms with E-state index in [-0.39, 0.29) is 12.4 Å². The van der Waals surface area contributed by atoms with Gasteiger partial charge in [-0.25, -0.2) is 0 Å². The zero-order valence-electron chi connectivity index (χ0n) is 10.4. The van der Waals surface area contributed by atoms with Gasteiger partial charge in [0.15, 0.2) is 0 Å². The van der Waals surface area contributed by atoms with E-state index in [4.69, 9.17) is 0 Å². The second-order valence-electron chi connectivity index (χ2n) is 5.81. The minimum absolute atomic E-state index is 0. The molecule has 2 saturated heterocycles. The molecule has 0 bridgehead atoms. The average Bonchev–Trinajstić information content (AvgIpc) is 2.69. The van der Waals surface area contributed by atoms with Gasteiger partial charge in [0.05, 0.1) is 0 Å². The number of halogens is 1. The Morgan fingerprint density at radius 3 is 2.65 bits per heavy atom. The summed E-state index contributed by atoms with van der Waals surface area (Å²) in [6.07, 6.45) is 5.95. The minimum atomic E-state index is 0. The van der Waals surface area contributed by atoms with Crippen molar-refractivity contribution in [3.05, 3.63) is 0 Å². The normalized spacial score (nSPS) is 32.6. The fraction of sp³-hybridized carbons (Fsp3) is 0.923. The lowest BCUT2D eigenvalue weighted by molar-refractivity contribution is -0.135. The summed E-state index contributed by atoms with van der Waals surface area (Å²) in [6.45, 7) is 4.32. The summed E-state index contributed by atoms with van der Waals surface area (Å²) >= 11 is 0. The van der Waals surface area contributed by atoms with Gasteiger partial charge in [0.2, 0.25) is 5.91 Å². The number of rotatable bonds is 2. The molecular weight excluding hydrogens is 236 g/mol. The van der Waals surface area contributed by atoms with Crippen molar-refractivity contribution in [3.63, 3.8) is 0 Å². The molecule has 0 aromatic heterocycles. The van der Waals surface area contributed by atoms with Gasteiger partial charge in [0.1, 0.15) is 0 Å². The molecule has 3 fully saturated rings. The predicted octanol–water partition coefficient (Wildman–Crippen LogP) is 1.67. The Kier molecular flexibility index (Phi) is 4.31. The minimum Gasteiger partial charge on any atom is -0.342 e. The van der Waals surface area contributed by atoms with E-state index in [0.29, 0.717) is 11.8 Å². The van der Waals surface area contributed by atoms with Crippen LogP contribution in [-0.4, -0.2) is 37.0 Å². The fourth-order valence-corrected chi connectivity index (χ4v) is 3.33. The molecule has 0 aromatic rings. The van der Waals surface area contributed by atoms with Gasteiger partial charge in [0.25, 0.3) is 0 Å². The van der Waals surface area contributed by atoms with Crippen LogP contribution in [0.3, 0.4) is 0 Å². The highest BCUT2D eigenvalue weighted by atomic mass is 35.5. The Morgan fingerprint density at radius 2 is 1.94 bits per heavy atom. The van der Waals surface area contributed by atoms with Gasteiger partial charge in [-0.2, -0.15) is 0 Å². The van der Waals surface area contributed by atoms with Crippen LogP contribution in [0.25, 0.3) is 0 Å². The molecule has 1 N–H and O–H groups in total. The van der Waals surface area contributed by atoms with Gasteiger partial charge in [-0.1, -0.05) is 6.42 Å². The third-order valence-electron chi connectivity index (χ3n) is 4.75. The highest BCUT2D eigenvalue weighted by Crippen LogP contribution is 2.32. The monoisotopic (exact) mass is 258 g/mol. The molecular formula is C13H23ClN2O. The summed E-state index contributed by atoms with van der Waals surface area (Å²) in [7, 11) is 0. The van der Waals surface area contributed by atoms with E-state index in [0.717, 1.165) is 37.9 Å². The number of carbonyl (C=O) groups is 1. The first-order valence-corrected chi connectivity index (χ1v) is 6.81. The third-order valence-corrected chi connectivity index (χ3v) is 4.75. The molecule has 3 aliphatic rings. The molecule has 0 aromatic carbocycles. The number of amides is 1. The summed E-state index contributed by atoms with van der Waals surface area (Å²) in [5, 5.41) is 3.45. The summed E-state index contributed by atoms with van der Waals surface area (Å²) in [5.74, 6) is 2.72. The van der Waals surface area contributed by atoms with Crippen LogP contribution < -0.4 is 5.32 Å². The van der Waals surface area contributed by atoms with Crippen LogP contribution in [0.4, 0.5) is 0 Å². The van der Waals surface area contributed by atoms with Crippen molar-refractivity contribution in [1.29, 1.82) is 0 Å². The predicted molar refractivity (Wildman–Crippen MR) is 70.3 cm³/mol. The summed E-state index contributed by atoms with van der Waals surface area (Å²) in [6, 6.07) is 0. The van der Waals surface area contributed by atoms with Crippen molar-refractivity contribution >= 4 is 18.3 Å². The summed E-state index contributed by atoms with van der Waals surface area (Å²) in [5.41, 5.74) is 0. The number of nitrogens with one attached hydrogen (secondary N) is 1. The molecule has 2 aliphatic heterocycles. The maximum atomic E-state index is 12.1. The van der Waals surface area contributed by atoms with Gasteiger partial charge < -0.3 is 10.2 Å². The van der Waals surface area contributed by atoms with Gasteiger partial charge >= 0.3 is 0 Å². The number of carbonyl (C=O) groups excluding carboxylic acids is 1. The van der Waals surface area contributed by atoms with Crippen molar-refractivity contribution in [3.8, 4) is 0 Å². The Hall–Kier alpha value is -0.280. The Balaban J connectivity index is 0.00000108. The first-order chi connectivity index (χ1) is 7.83. The molecule has 3 nitrogen and oxygen atoms in total. The van der Waals surface area contributed by atoms with Crippen LogP contribution in [-0.2, 0) is 4.79 Å². The Labute approximate surface area is 110 Å². The van der Waals surface area contributed by atoms with Crippen molar-refractivity contribution in [2.45, 2.75) is 32.1 Å². The van der Waals surface area contributed by atoms with Crippen LogP contribution in [0.15, 0.2) is 0 Å². The molecule has 2 unspecified atom stereocenters. The molecule has 1 aliphatic carbocycles. The second kappa shape index (κ2) is 5.57. The number of likely N-dealkylation sites (tertiary alicyclic amines) is 1. The number of nitrogens with zero attached hydrogens (tertiary/aromatic N) is 1. The largest absolute Gasteiger partial charge is 0.342 e. The first kappa shape index (κ1) is 13.2. The number of hydrogen-bond donors (Lipinski definition) is 1. The van der Waals surface area contributed by atoms with Gasteiger partial charge in [0, 0.05) is 19.5 Å². The lowest BCUT2D eigenvalue weighted by Crippen LogP contribution is -2.44. The number of fused-ring (bicyclic) bond motifs is 1. The number of hydrogen-bond acceptors (Lipinski definition) is 2. The van der Waals surface area contributed by atoms with Crippen molar-refractivity contribution in [1.82, 2.24) is 10.2 Å². The lowest BCUT2D eigenvalue weighted by Gasteiger charge is -2.36. The fourth-order valence-electron chi connectivity index (χ4n) is 3.33. The van der Waals surface area contributed by atoms with E-state index >= 15 is 0 Å².